The van der Waals surface area contributed by atoms with Gasteiger partial charge < -0.3 is 20.1 Å². The van der Waals surface area contributed by atoms with Gasteiger partial charge in [-0.3, -0.25) is 0 Å². The second-order valence-electron chi connectivity index (χ2n) is 7.84. The van der Waals surface area contributed by atoms with E-state index < -0.39 is 11.6 Å². The molecule has 0 amide bonds. The Hall–Kier alpha value is -1.98. The molecule has 1 aromatic carbocycles. The molecule has 4 rings (SSSR count). The van der Waals surface area contributed by atoms with Gasteiger partial charge in [-0.1, -0.05) is 12.5 Å². The molecule has 2 aliphatic heterocycles. The molecule has 0 saturated carbocycles. The summed E-state index contributed by atoms with van der Waals surface area (Å²) in [7, 11) is 0. The summed E-state index contributed by atoms with van der Waals surface area (Å²) in [6.07, 6.45) is 5.27. The molecule has 1 aromatic heterocycles. The van der Waals surface area contributed by atoms with Gasteiger partial charge in [0, 0.05) is 38.6 Å². The maximum atomic E-state index is 14.1. The zero-order chi connectivity index (χ0) is 20.9. The number of nitrogens with zero attached hydrogens (tertiary/aromatic N) is 5. The van der Waals surface area contributed by atoms with Gasteiger partial charge in [-0.15, -0.1) is 34.2 Å². The number of hydrogen-bond donors (Lipinski definition) is 2. The van der Waals surface area contributed by atoms with E-state index in [2.05, 4.69) is 25.4 Å². The monoisotopic (exact) mass is 545 g/mol. The Morgan fingerprint density at radius 2 is 1.97 bits per heavy atom. The van der Waals surface area contributed by atoms with Crippen LogP contribution in [-0.4, -0.2) is 46.4 Å². The molecule has 2 N–H and O–H groups in total. The highest BCUT2D eigenvalue weighted by atomic mass is 127. The number of benzene rings is 1. The van der Waals surface area contributed by atoms with E-state index in [1.54, 1.807) is 4.90 Å². The highest BCUT2D eigenvalue weighted by Gasteiger charge is 2.27. The van der Waals surface area contributed by atoms with Crippen molar-refractivity contribution in [2.45, 2.75) is 58.2 Å². The zero-order valence-corrected chi connectivity index (χ0v) is 20.1. The van der Waals surface area contributed by atoms with Gasteiger partial charge in [0.2, 0.25) is 0 Å². The number of aromatic nitrogens is 3. The number of nitrogens with one attached hydrogen (secondary N) is 2. The Labute approximate surface area is 198 Å². The standard InChI is InChI=1S/C21H29F2N7.HI/c1-2-24-21(25-13-19-28-27-18-9-4-3-5-11-30(18)19)26-15-10-12-29(14-15)20-16(22)7-6-8-17(20)23;/h6-8,15H,2-5,9-14H2,1H3,(H2,24,25,26);1H. The summed E-state index contributed by atoms with van der Waals surface area (Å²) in [5.74, 6) is 1.57. The van der Waals surface area contributed by atoms with Gasteiger partial charge >= 0.3 is 0 Å². The first-order valence-corrected chi connectivity index (χ1v) is 10.8. The third-order valence-electron chi connectivity index (χ3n) is 5.69. The van der Waals surface area contributed by atoms with Crippen LogP contribution in [0.2, 0.25) is 0 Å². The lowest BCUT2D eigenvalue weighted by Crippen LogP contribution is -2.44. The lowest BCUT2D eigenvalue weighted by atomic mass is 10.2. The van der Waals surface area contributed by atoms with E-state index in [9.17, 15) is 8.78 Å². The van der Waals surface area contributed by atoms with Crippen molar-refractivity contribution >= 4 is 35.6 Å². The quantitative estimate of drug-likeness (QED) is 0.343. The molecule has 31 heavy (non-hydrogen) atoms. The van der Waals surface area contributed by atoms with Gasteiger partial charge in [0.15, 0.2) is 11.8 Å². The smallest absolute Gasteiger partial charge is 0.191 e. The molecule has 170 valence electrons. The largest absolute Gasteiger partial charge is 0.365 e. The minimum Gasteiger partial charge on any atom is -0.365 e. The van der Waals surface area contributed by atoms with Gasteiger partial charge in [-0.25, -0.2) is 13.8 Å². The topological polar surface area (TPSA) is 70.4 Å². The Balaban J connectivity index is 0.00000272. The second kappa shape index (κ2) is 11.1. The first kappa shape index (κ1) is 23.7. The number of para-hydroxylation sites is 1. The number of halogens is 3. The summed E-state index contributed by atoms with van der Waals surface area (Å²) in [6.45, 7) is 5.23. The fraction of sp³-hybridized carbons (Fsp3) is 0.571. The predicted molar refractivity (Wildman–Crippen MR) is 128 cm³/mol. The molecule has 1 saturated heterocycles. The van der Waals surface area contributed by atoms with E-state index in [4.69, 9.17) is 4.99 Å². The van der Waals surface area contributed by atoms with Crippen LogP contribution in [0.5, 0.6) is 0 Å². The Morgan fingerprint density at radius 1 is 1.16 bits per heavy atom. The summed E-state index contributed by atoms with van der Waals surface area (Å²) in [5.41, 5.74) is 0.0508. The van der Waals surface area contributed by atoms with Crippen LogP contribution in [0.3, 0.4) is 0 Å². The number of anilines is 1. The third-order valence-corrected chi connectivity index (χ3v) is 5.69. The molecular formula is C21H30F2IN7. The van der Waals surface area contributed by atoms with E-state index in [0.29, 0.717) is 25.6 Å². The molecule has 10 heteroatoms. The van der Waals surface area contributed by atoms with E-state index in [0.717, 1.165) is 50.4 Å². The summed E-state index contributed by atoms with van der Waals surface area (Å²) in [4.78, 5) is 6.45. The Kier molecular flexibility index (Phi) is 8.44. The first-order valence-electron chi connectivity index (χ1n) is 10.8. The fourth-order valence-corrected chi connectivity index (χ4v) is 4.20. The summed E-state index contributed by atoms with van der Waals surface area (Å²) >= 11 is 0. The fourth-order valence-electron chi connectivity index (χ4n) is 4.20. The van der Waals surface area contributed by atoms with Crippen molar-refractivity contribution in [3.8, 4) is 0 Å². The maximum absolute atomic E-state index is 14.1. The van der Waals surface area contributed by atoms with Crippen LogP contribution in [0.25, 0.3) is 0 Å². The van der Waals surface area contributed by atoms with Crippen LogP contribution in [0.15, 0.2) is 23.2 Å². The maximum Gasteiger partial charge on any atom is 0.191 e. The number of hydrogen-bond acceptors (Lipinski definition) is 4. The first-order chi connectivity index (χ1) is 14.7. The molecule has 1 fully saturated rings. The second-order valence-corrected chi connectivity index (χ2v) is 7.84. The molecule has 0 aliphatic carbocycles. The molecule has 3 heterocycles. The van der Waals surface area contributed by atoms with Crippen LogP contribution in [0.1, 0.15) is 44.3 Å². The molecule has 0 radical (unpaired) electrons. The van der Waals surface area contributed by atoms with Gasteiger partial charge in [-0.2, -0.15) is 0 Å². The van der Waals surface area contributed by atoms with Crippen LogP contribution < -0.4 is 15.5 Å². The summed E-state index contributed by atoms with van der Waals surface area (Å²) in [6, 6.07) is 4.04. The van der Waals surface area contributed by atoms with Crippen LogP contribution in [-0.2, 0) is 19.5 Å². The number of guanidine groups is 1. The van der Waals surface area contributed by atoms with Gasteiger partial charge in [-0.05, 0) is 38.3 Å². The number of aliphatic imine (C=N–C) groups is 1. The highest BCUT2D eigenvalue weighted by Crippen LogP contribution is 2.26. The highest BCUT2D eigenvalue weighted by molar-refractivity contribution is 14.0. The van der Waals surface area contributed by atoms with E-state index in [1.807, 2.05) is 6.92 Å². The molecule has 0 bridgehead atoms. The van der Waals surface area contributed by atoms with Crippen molar-refractivity contribution in [3.63, 3.8) is 0 Å². The lowest BCUT2D eigenvalue weighted by molar-refractivity contribution is 0.575. The third kappa shape index (κ3) is 5.64. The minimum atomic E-state index is -0.524. The predicted octanol–water partition coefficient (Wildman–Crippen LogP) is 3.23. The molecule has 0 spiro atoms. The van der Waals surface area contributed by atoms with Gasteiger partial charge in [0.1, 0.15) is 29.7 Å². The normalized spacial score (nSPS) is 18.9. The molecular weight excluding hydrogens is 515 g/mol. The number of aryl methyl sites for hydroxylation is 1. The molecule has 1 unspecified atom stereocenters. The molecule has 1 atom stereocenters. The van der Waals surface area contributed by atoms with Crippen molar-refractivity contribution in [1.82, 2.24) is 25.4 Å². The zero-order valence-electron chi connectivity index (χ0n) is 17.8. The Morgan fingerprint density at radius 3 is 2.74 bits per heavy atom. The SMILES string of the molecule is CCNC(=NCc1nnc2n1CCCCC2)NC1CCN(c2c(F)cccc2F)C1.I. The molecule has 7 nitrogen and oxygen atoms in total. The van der Waals surface area contributed by atoms with Crippen molar-refractivity contribution < 1.29 is 8.78 Å². The van der Waals surface area contributed by atoms with Crippen LogP contribution in [0, 0.1) is 11.6 Å². The van der Waals surface area contributed by atoms with Crippen molar-refractivity contribution in [1.29, 1.82) is 0 Å². The van der Waals surface area contributed by atoms with Gasteiger partial charge in [0.05, 0.1) is 0 Å². The number of fused-ring (bicyclic) bond motifs is 1. The average molecular weight is 545 g/mol. The summed E-state index contributed by atoms with van der Waals surface area (Å²) in [5, 5.41) is 15.3. The molecule has 2 aromatic rings. The van der Waals surface area contributed by atoms with E-state index in [1.165, 1.54) is 24.6 Å². The van der Waals surface area contributed by atoms with E-state index in [-0.39, 0.29) is 35.7 Å². The molecule has 2 aliphatic rings. The van der Waals surface area contributed by atoms with Crippen molar-refractivity contribution in [2.75, 3.05) is 24.5 Å². The van der Waals surface area contributed by atoms with Gasteiger partial charge in [0.25, 0.3) is 0 Å². The Bertz CT molecular complexity index is 882. The number of rotatable bonds is 5. The van der Waals surface area contributed by atoms with E-state index >= 15 is 0 Å². The average Bonchev–Trinajstić information content (AvgIpc) is 3.26. The minimum absolute atomic E-state index is 0. The van der Waals surface area contributed by atoms with Crippen LogP contribution in [0.4, 0.5) is 14.5 Å². The van der Waals surface area contributed by atoms with Crippen molar-refractivity contribution in [2.24, 2.45) is 4.99 Å². The van der Waals surface area contributed by atoms with Crippen LogP contribution >= 0.6 is 24.0 Å². The lowest BCUT2D eigenvalue weighted by Gasteiger charge is -2.21. The summed E-state index contributed by atoms with van der Waals surface area (Å²) < 4.78 is 30.4. The van der Waals surface area contributed by atoms with Crippen molar-refractivity contribution in [3.05, 3.63) is 41.5 Å².